The van der Waals surface area contributed by atoms with Gasteiger partial charge in [0, 0.05) is 0 Å². The molecule has 1 aromatic carbocycles. The zero-order valence-corrected chi connectivity index (χ0v) is 11.3. The summed E-state index contributed by atoms with van der Waals surface area (Å²) in [5.74, 6) is 0.500. The molecule has 4 heteroatoms. The summed E-state index contributed by atoms with van der Waals surface area (Å²) in [5.41, 5.74) is 0.0224. The number of nitriles is 2. The first kappa shape index (κ1) is 14.4. The maximum atomic E-state index is 8.97. The van der Waals surface area contributed by atoms with Crippen molar-refractivity contribution in [1.82, 2.24) is 0 Å². The highest BCUT2D eigenvalue weighted by Crippen LogP contribution is 2.26. The van der Waals surface area contributed by atoms with Crippen molar-refractivity contribution in [2.75, 3.05) is 6.61 Å². The van der Waals surface area contributed by atoms with Crippen molar-refractivity contribution in [1.29, 1.82) is 10.5 Å². The molecule has 0 saturated carbocycles. The molecule has 94 valence electrons. The number of nitrogens with zero attached hydrogens (tertiary/aromatic N) is 2. The fourth-order valence-corrected chi connectivity index (χ4v) is 1.69. The molecule has 1 aromatic rings. The van der Waals surface area contributed by atoms with Crippen LogP contribution in [-0.2, 0) is 0 Å². The lowest BCUT2D eigenvalue weighted by Crippen LogP contribution is -2.10. The van der Waals surface area contributed by atoms with Crippen LogP contribution in [0.4, 0.5) is 0 Å². The summed E-state index contributed by atoms with van der Waals surface area (Å²) in [6.07, 6.45) is 1.52. The van der Waals surface area contributed by atoms with Crippen molar-refractivity contribution in [2.24, 2.45) is 5.41 Å². The summed E-state index contributed by atoms with van der Waals surface area (Å²) >= 11 is 5.89. The molecular formula is C14H15ClN2O. The van der Waals surface area contributed by atoms with Crippen LogP contribution < -0.4 is 4.74 Å². The third-order valence-corrected chi connectivity index (χ3v) is 2.91. The normalized spacial score (nSPS) is 10.5. The van der Waals surface area contributed by atoms with Crippen LogP contribution in [-0.4, -0.2) is 6.61 Å². The Hall–Kier alpha value is -1.71. The molecule has 0 aliphatic heterocycles. The van der Waals surface area contributed by atoms with Gasteiger partial charge in [-0.25, -0.2) is 0 Å². The van der Waals surface area contributed by atoms with Crippen LogP contribution in [0, 0.1) is 28.1 Å². The van der Waals surface area contributed by atoms with Crippen LogP contribution in [0.25, 0.3) is 0 Å². The molecule has 0 aromatic heterocycles. The van der Waals surface area contributed by atoms with Gasteiger partial charge in [0.25, 0.3) is 0 Å². The summed E-state index contributed by atoms with van der Waals surface area (Å²) in [7, 11) is 0. The number of halogens is 1. The topological polar surface area (TPSA) is 56.8 Å². The first-order valence-electron chi connectivity index (χ1n) is 5.73. The number of rotatable bonds is 5. The van der Waals surface area contributed by atoms with Gasteiger partial charge in [0.05, 0.1) is 23.1 Å². The van der Waals surface area contributed by atoms with E-state index in [1.807, 2.05) is 19.9 Å². The van der Waals surface area contributed by atoms with E-state index in [9.17, 15) is 0 Å². The molecule has 0 bridgehead atoms. The van der Waals surface area contributed by atoms with Gasteiger partial charge in [-0.2, -0.15) is 10.5 Å². The summed E-state index contributed by atoms with van der Waals surface area (Å²) in [4.78, 5) is 0. The highest BCUT2D eigenvalue weighted by Gasteiger charge is 2.16. The highest BCUT2D eigenvalue weighted by molar-refractivity contribution is 6.31. The minimum atomic E-state index is -0.338. The molecule has 0 aliphatic carbocycles. The Morgan fingerprint density at radius 1 is 1.33 bits per heavy atom. The van der Waals surface area contributed by atoms with E-state index < -0.39 is 0 Å². The van der Waals surface area contributed by atoms with Gasteiger partial charge in [-0.05, 0) is 38.8 Å². The second-order valence-corrected chi connectivity index (χ2v) is 5.08. The van der Waals surface area contributed by atoms with Gasteiger partial charge in [0.1, 0.15) is 17.4 Å². The summed E-state index contributed by atoms with van der Waals surface area (Å²) < 4.78 is 5.53. The first-order valence-corrected chi connectivity index (χ1v) is 6.10. The van der Waals surface area contributed by atoms with E-state index in [1.54, 1.807) is 18.2 Å². The van der Waals surface area contributed by atoms with E-state index in [4.69, 9.17) is 26.9 Å². The van der Waals surface area contributed by atoms with Crippen LogP contribution in [0.3, 0.4) is 0 Å². The van der Waals surface area contributed by atoms with Crippen LogP contribution in [0.15, 0.2) is 18.2 Å². The van der Waals surface area contributed by atoms with Gasteiger partial charge in [0.2, 0.25) is 0 Å². The van der Waals surface area contributed by atoms with Crippen molar-refractivity contribution in [3.05, 3.63) is 28.8 Å². The molecule has 0 fully saturated rings. The molecular weight excluding hydrogens is 248 g/mol. The fourth-order valence-electron chi connectivity index (χ4n) is 1.49. The van der Waals surface area contributed by atoms with Crippen molar-refractivity contribution >= 4 is 11.6 Å². The average molecular weight is 263 g/mol. The van der Waals surface area contributed by atoms with E-state index in [0.717, 1.165) is 12.8 Å². The Kier molecular flexibility index (Phi) is 5.01. The predicted octanol–water partition coefficient (Wildman–Crippen LogP) is 3.92. The Bertz CT molecular complexity index is 497. The van der Waals surface area contributed by atoms with Crippen molar-refractivity contribution in [3.63, 3.8) is 0 Å². The third kappa shape index (κ3) is 3.95. The predicted molar refractivity (Wildman–Crippen MR) is 70.3 cm³/mol. The molecule has 0 saturated heterocycles. The SMILES string of the molecule is CC(C)(C#N)CCCOc1cccc(Cl)c1C#N. The quantitative estimate of drug-likeness (QED) is 0.756. The van der Waals surface area contributed by atoms with E-state index in [2.05, 4.69) is 6.07 Å². The van der Waals surface area contributed by atoms with E-state index in [1.165, 1.54) is 0 Å². The minimum absolute atomic E-state index is 0.338. The molecule has 1 rings (SSSR count). The lowest BCUT2D eigenvalue weighted by molar-refractivity contribution is 0.283. The third-order valence-electron chi connectivity index (χ3n) is 2.59. The summed E-state index contributed by atoms with van der Waals surface area (Å²) in [6.45, 7) is 4.26. The molecule has 3 nitrogen and oxygen atoms in total. The minimum Gasteiger partial charge on any atom is -0.492 e. The van der Waals surface area contributed by atoms with Crippen LogP contribution in [0.2, 0.25) is 5.02 Å². The lowest BCUT2D eigenvalue weighted by atomic mass is 9.90. The van der Waals surface area contributed by atoms with Crippen molar-refractivity contribution in [2.45, 2.75) is 26.7 Å². The number of hydrogen-bond donors (Lipinski definition) is 0. The smallest absolute Gasteiger partial charge is 0.138 e. The summed E-state index contributed by atoms with van der Waals surface area (Å²) in [5, 5.41) is 18.2. The van der Waals surface area contributed by atoms with Gasteiger partial charge in [-0.3, -0.25) is 0 Å². The molecule has 0 N–H and O–H groups in total. The molecule has 0 atom stereocenters. The number of ether oxygens (including phenoxy) is 1. The van der Waals surface area contributed by atoms with Gasteiger partial charge in [-0.1, -0.05) is 17.7 Å². The Labute approximate surface area is 113 Å². The van der Waals surface area contributed by atoms with Gasteiger partial charge in [-0.15, -0.1) is 0 Å². The van der Waals surface area contributed by atoms with Crippen LogP contribution in [0.1, 0.15) is 32.3 Å². The molecule has 0 unspecified atom stereocenters. The maximum Gasteiger partial charge on any atom is 0.138 e. The molecule has 0 spiro atoms. The largest absolute Gasteiger partial charge is 0.492 e. The Balaban J connectivity index is 2.54. The standard InChI is InChI=1S/C14H15ClN2O/c1-14(2,10-17)7-4-8-18-13-6-3-5-12(15)11(13)9-16/h3,5-6H,4,7-8H2,1-2H3. The van der Waals surface area contributed by atoms with E-state index in [0.29, 0.717) is 22.9 Å². The van der Waals surface area contributed by atoms with Gasteiger partial charge < -0.3 is 4.74 Å². The fraction of sp³-hybridized carbons (Fsp3) is 0.429. The molecule has 0 heterocycles. The van der Waals surface area contributed by atoms with Crippen LogP contribution >= 0.6 is 11.6 Å². The maximum absolute atomic E-state index is 8.97. The molecule has 0 radical (unpaired) electrons. The van der Waals surface area contributed by atoms with E-state index in [-0.39, 0.29) is 5.41 Å². The van der Waals surface area contributed by atoms with Crippen molar-refractivity contribution in [3.8, 4) is 17.9 Å². The monoisotopic (exact) mass is 262 g/mol. The average Bonchev–Trinajstić information content (AvgIpc) is 2.35. The Morgan fingerprint density at radius 3 is 2.67 bits per heavy atom. The van der Waals surface area contributed by atoms with Crippen LogP contribution in [0.5, 0.6) is 5.75 Å². The number of hydrogen-bond acceptors (Lipinski definition) is 3. The number of benzene rings is 1. The van der Waals surface area contributed by atoms with Gasteiger partial charge in [0.15, 0.2) is 0 Å². The molecule has 0 aliphatic rings. The second kappa shape index (κ2) is 6.28. The summed E-state index contributed by atoms with van der Waals surface area (Å²) in [6, 6.07) is 9.39. The highest BCUT2D eigenvalue weighted by atomic mass is 35.5. The zero-order chi connectivity index (χ0) is 13.6. The first-order chi connectivity index (χ1) is 8.50. The lowest BCUT2D eigenvalue weighted by Gasteiger charge is -2.15. The van der Waals surface area contributed by atoms with Gasteiger partial charge >= 0.3 is 0 Å². The Morgan fingerprint density at radius 2 is 2.06 bits per heavy atom. The van der Waals surface area contributed by atoms with Crippen molar-refractivity contribution < 1.29 is 4.74 Å². The second-order valence-electron chi connectivity index (χ2n) is 4.67. The molecule has 18 heavy (non-hydrogen) atoms. The molecule has 0 amide bonds. The van der Waals surface area contributed by atoms with E-state index >= 15 is 0 Å². The zero-order valence-electron chi connectivity index (χ0n) is 10.5.